The van der Waals surface area contributed by atoms with Crippen molar-refractivity contribution in [3.8, 4) is 0 Å². The van der Waals surface area contributed by atoms with Crippen molar-refractivity contribution in [2.24, 2.45) is 7.05 Å². The van der Waals surface area contributed by atoms with E-state index in [0.29, 0.717) is 24.6 Å². The third kappa shape index (κ3) is 1.64. The third-order valence-electron chi connectivity index (χ3n) is 4.96. The number of aryl methyl sites for hydroxylation is 2. The first-order valence-electron chi connectivity index (χ1n) is 7.86. The van der Waals surface area contributed by atoms with E-state index in [9.17, 15) is 14.4 Å². The second-order valence-corrected chi connectivity index (χ2v) is 6.40. The Balaban J connectivity index is 2.17. The number of carbonyl (C=O) groups is 1. The standard InChI is InChI=1S/C17H18N4O3/c1-9-7-12-13(8-10(9)2)21(11(3)22)14-15-19(12)5-6-20(15)17(24)18(4)16(14)23/h7-8H,5-6H2,1-4H3. The molecule has 0 aliphatic carbocycles. The number of hydrogen-bond donors (Lipinski definition) is 0. The van der Waals surface area contributed by atoms with Gasteiger partial charge in [0.2, 0.25) is 5.91 Å². The van der Waals surface area contributed by atoms with E-state index in [4.69, 9.17) is 0 Å². The monoisotopic (exact) mass is 326 g/mol. The van der Waals surface area contributed by atoms with Gasteiger partial charge in [0, 0.05) is 27.1 Å². The molecule has 0 atom stereocenters. The van der Waals surface area contributed by atoms with Crippen LogP contribution in [0.15, 0.2) is 21.7 Å². The lowest BCUT2D eigenvalue weighted by Gasteiger charge is -2.36. The Morgan fingerprint density at radius 2 is 1.67 bits per heavy atom. The highest BCUT2D eigenvalue weighted by Gasteiger charge is 2.39. The van der Waals surface area contributed by atoms with E-state index < -0.39 is 5.56 Å². The number of carbonyl (C=O) groups excluding carboxylic acids is 1. The molecular weight excluding hydrogens is 308 g/mol. The summed E-state index contributed by atoms with van der Waals surface area (Å²) in [5.74, 6) is 0.277. The summed E-state index contributed by atoms with van der Waals surface area (Å²) < 4.78 is 2.65. The van der Waals surface area contributed by atoms with Crippen molar-refractivity contribution in [2.75, 3.05) is 16.3 Å². The number of aromatic nitrogens is 2. The van der Waals surface area contributed by atoms with Crippen LogP contribution in [0.1, 0.15) is 18.1 Å². The Labute approximate surface area is 138 Å². The summed E-state index contributed by atoms with van der Waals surface area (Å²) in [4.78, 5) is 41.0. The molecule has 124 valence electrons. The molecule has 1 aromatic heterocycles. The van der Waals surface area contributed by atoms with Crippen molar-refractivity contribution in [3.63, 3.8) is 0 Å². The molecule has 4 rings (SSSR count). The average molecular weight is 326 g/mol. The number of fused-ring (bicyclic) bond motifs is 2. The Morgan fingerprint density at radius 1 is 1.04 bits per heavy atom. The lowest BCUT2D eigenvalue weighted by atomic mass is 10.0. The van der Waals surface area contributed by atoms with E-state index >= 15 is 0 Å². The third-order valence-corrected chi connectivity index (χ3v) is 4.96. The van der Waals surface area contributed by atoms with Gasteiger partial charge in [-0.25, -0.2) is 4.79 Å². The van der Waals surface area contributed by atoms with Crippen LogP contribution in [0.2, 0.25) is 0 Å². The second-order valence-electron chi connectivity index (χ2n) is 6.40. The zero-order valence-electron chi connectivity index (χ0n) is 14.1. The Hall–Kier alpha value is -2.83. The topological polar surface area (TPSA) is 67.6 Å². The molecule has 0 bridgehead atoms. The van der Waals surface area contributed by atoms with Crippen molar-refractivity contribution in [2.45, 2.75) is 27.3 Å². The zero-order valence-corrected chi connectivity index (χ0v) is 14.1. The Morgan fingerprint density at radius 3 is 2.29 bits per heavy atom. The van der Waals surface area contributed by atoms with E-state index in [1.807, 2.05) is 30.9 Å². The van der Waals surface area contributed by atoms with Crippen LogP contribution in [0.4, 0.5) is 22.9 Å². The molecule has 24 heavy (non-hydrogen) atoms. The van der Waals surface area contributed by atoms with Crippen molar-refractivity contribution in [1.29, 1.82) is 0 Å². The highest BCUT2D eigenvalue weighted by molar-refractivity contribution is 6.08. The van der Waals surface area contributed by atoms with Crippen LogP contribution in [0.3, 0.4) is 0 Å². The van der Waals surface area contributed by atoms with Crippen molar-refractivity contribution in [3.05, 3.63) is 44.1 Å². The Bertz CT molecular complexity index is 1030. The SMILES string of the molecule is CC(=O)N1c2cc(C)c(C)cc2N2CCn3c2c1c(=O)n(C)c3=O. The van der Waals surface area contributed by atoms with Crippen molar-refractivity contribution >= 4 is 28.8 Å². The fourth-order valence-electron chi connectivity index (χ4n) is 3.58. The fourth-order valence-corrected chi connectivity index (χ4v) is 3.58. The summed E-state index contributed by atoms with van der Waals surface area (Å²) in [5, 5.41) is 0. The summed E-state index contributed by atoms with van der Waals surface area (Å²) in [5.41, 5.74) is 3.17. The number of hydrogen-bond acceptors (Lipinski definition) is 4. The molecule has 2 aromatic rings. The largest absolute Gasteiger partial charge is 0.332 e. The quantitative estimate of drug-likeness (QED) is 0.732. The first kappa shape index (κ1) is 14.7. The van der Waals surface area contributed by atoms with Crippen LogP contribution in [0.25, 0.3) is 0 Å². The van der Waals surface area contributed by atoms with Gasteiger partial charge in [0.1, 0.15) is 5.82 Å². The van der Waals surface area contributed by atoms with Crippen LogP contribution in [0.5, 0.6) is 0 Å². The molecular formula is C17H18N4O3. The van der Waals surface area contributed by atoms with Gasteiger partial charge in [0.05, 0.1) is 11.4 Å². The zero-order chi connectivity index (χ0) is 17.3. The van der Waals surface area contributed by atoms with Gasteiger partial charge in [-0.05, 0) is 37.1 Å². The molecule has 1 aromatic carbocycles. The number of rotatable bonds is 0. The van der Waals surface area contributed by atoms with E-state index in [-0.39, 0.29) is 17.3 Å². The molecule has 0 unspecified atom stereocenters. The van der Waals surface area contributed by atoms with Gasteiger partial charge in [-0.3, -0.25) is 23.6 Å². The predicted octanol–water partition coefficient (Wildman–Crippen LogP) is 1.31. The molecule has 0 saturated carbocycles. The summed E-state index contributed by atoms with van der Waals surface area (Å²) in [6.07, 6.45) is 0. The second kappa shape index (κ2) is 4.59. The minimum absolute atomic E-state index is 0.246. The van der Waals surface area contributed by atoms with Crippen molar-refractivity contribution < 1.29 is 4.79 Å². The van der Waals surface area contributed by atoms with Crippen LogP contribution >= 0.6 is 0 Å². The van der Waals surface area contributed by atoms with Gasteiger partial charge in [0.25, 0.3) is 5.56 Å². The molecule has 0 N–H and O–H groups in total. The number of nitrogens with zero attached hydrogens (tertiary/aromatic N) is 4. The fraction of sp³-hybridized carbons (Fsp3) is 0.353. The van der Waals surface area contributed by atoms with Crippen LogP contribution in [0, 0.1) is 13.8 Å². The molecule has 2 aliphatic heterocycles. The lowest BCUT2D eigenvalue weighted by Crippen LogP contribution is -2.43. The van der Waals surface area contributed by atoms with E-state index in [0.717, 1.165) is 21.4 Å². The molecule has 2 aliphatic rings. The van der Waals surface area contributed by atoms with Crippen LogP contribution in [-0.2, 0) is 18.4 Å². The van der Waals surface area contributed by atoms with E-state index in [2.05, 4.69) is 0 Å². The summed E-state index contributed by atoms with van der Waals surface area (Å²) in [6.45, 7) is 6.52. The van der Waals surface area contributed by atoms with Gasteiger partial charge in [-0.2, -0.15) is 0 Å². The van der Waals surface area contributed by atoms with Crippen molar-refractivity contribution in [1.82, 2.24) is 9.13 Å². The van der Waals surface area contributed by atoms with E-state index in [1.54, 1.807) is 4.57 Å². The summed E-state index contributed by atoms with van der Waals surface area (Å²) in [7, 11) is 1.45. The maximum Gasteiger partial charge on any atom is 0.332 e. The van der Waals surface area contributed by atoms with Crippen LogP contribution < -0.4 is 21.0 Å². The van der Waals surface area contributed by atoms with Crippen LogP contribution in [-0.4, -0.2) is 21.6 Å². The number of amides is 1. The number of benzene rings is 1. The smallest absolute Gasteiger partial charge is 0.322 e. The van der Waals surface area contributed by atoms with Gasteiger partial charge in [-0.15, -0.1) is 0 Å². The molecule has 0 fully saturated rings. The first-order valence-corrected chi connectivity index (χ1v) is 7.86. The molecule has 0 radical (unpaired) electrons. The highest BCUT2D eigenvalue weighted by atomic mass is 16.2. The molecule has 1 amide bonds. The average Bonchev–Trinajstić information content (AvgIpc) is 2.96. The van der Waals surface area contributed by atoms with Gasteiger partial charge < -0.3 is 4.90 Å². The minimum atomic E-state index is -0.447. The summed E-state index contributed by atoms with van der Waals surface area (Å²) >= 11 is 0. The maximum atomic E-state index is 12.8. The maximum absolute atomic E-state index is 12.8. The van der Waals surface area contributed by atoms with E-state index in [1.165, 1.54) is 18.9 Å². The normalized spacial score (nSPS) is 14.7. The van der Waals surface area contributed by atoms with Gasteiger partial charge >= 0.3 is 5.69 Å². The van der Waals surface area contributed by atoms with Gasteiger partial charge in [0.15, 0.2) is 5.69 Å². The highest BCUT2D eigenvalue weighted by Crippen LogP contribution is 2.48. The summed E-state index contributed by atoms with van der Waals surface area (Å²) in [6, 6.07) is 3.95. The first-order chi connectivity index (χ1) is 11.3. The minimum Gasteiger partial charge on any atom is -0.322 e. The predicted molar refractivity (Wildman–Crippen MR) is 91.7 cm³/mol. The molecule has 0 spiro atoms. The molecule has 3 heterocycles. The molecule has 7 heteroatoms. The molecule has 0 saturated heterocycles. The number of anilines is 4. The Kier molecular flexibility index (Phi) is 2.82. The molecule has 7 nitrogen and oxygen atoms in total. The lowest BCUT2D eigenvalue weighted by molar-refractivity contribution is -0.115. The van der Waals surface area contributed by atoms with Gasteiger partial charge in [-0.1, -0.05) is 0 Å².